The van der Waals surface area contributed by atoms with Crippen LogP contribution in [0.5, 0.6) is 0 Å². The molecule has 0 saturated heterocycles. The van der Waals surface area contributed by atoms with Gasteiger partial charge in [0.2, 0.25) is 10.0 Å². The molecule has 1 aromatic heterocycles. The quantitative estimate of drug-likeness (QED) is 0.144. The van der Waals surface area contributed by atoms with E-state index in [0.717, 1.165) is 5.56 Å². The van der Waals surface area contributed by atoms with Gasteiger partial charge < -0.3 is 22.3 Å². The van der Waals surface area contributed by atoms with Gasteiger partial charge in [0.25, 0.3) is 5.91 Å². The molecule has 0 saturated carbocycles. The van der Waals surface area contributed by atoms with Gasteiger partial charge in [-0.25, -0.2) is 18.4 Å². The van der Waals surface area contributed by atoms with Crippen LogP contribution >= 0.6 is 11.6 Å². The molecule has 184 valence electrons. The number of halogens is 1. The van der Waals surface area contributed by atoms with E-state index >= 15 is 0 Å². The van der Waals surface area contributed by atoms with Crippen molar-refractivity contribution in [1.82, 2.24) is 20.0 Å². The zero-order valence-corrected chi connectivity index (χ0v) is 19.7. The number of anilines is 2. The van der Waals surface area contributed by atoms with Crippen molar-refractivity contribution in [1.29, 1.82) is 0 Å². The summed E-state index contributed by atoms with van der Waals surface area (Å²) < 4.78 is 27.1. The van der Waals surface area contributed by atoms with Gasteiger partial charge in [-0.2, -0.15) is 4.72 Å². The Bertz CT molecular complexity index is 1190. The first-order valence-corrected chi connectivity index (χ1v) is 11.8. The van der Waals surface area contributed by atoms with Gasteiger partial charge in [-0.15, -0.1) is 0 Å². The standard InChI is InChI=1S/C19H25ClN8O5S/c1-10-5-7-11(8-6-10)34(32,33)28-12(18(30)31)4-2-3-9-24-19(23)27-17(29)13-15(21)26-16(22)14(20)25-13/h5-8,12,28H,2-4,9H2,1H3,(H,30,31)(H4,21,22,26)(H3,23,24,27,29)/t12-/m0/s1. The van der Waals surface area contributed by atoms with Crippen molar-refractivity contribution in [3.8, 4) is 0 Å². The molecule has 1 amide bonds. The first kappa shape index (κ1) is 26.8. The number of sulfonamides is 1. The third-order valence-electron chi connectivity index (χ3n) is 4.47. The summed E-state index contributed by atoms with van der Waals surface area (Å²) >= 11 is 5.73. The normalized spacial score (nSPS) is 12.8. The van der Waals surface area contributed by atoms with E-state index in [9.17, 15) is 23.1 Å². The van der Waals surface area contributed by atoms with Gasteiger partial charge in [0, 0.05) is 6.54 Å². The number of amides is 1. The maximum atomic E-state index is 12.4. The molecule has 0 radical (unpaired) electrons. The van der Waals surface area contributed by atoms with Crippen LogP contribution in [0, 0.1) is 6.92 Å². The van der Waals surface area contributed by atoms with Crippen molar-refractivity contribution in [2.24, 2.45) is 10.7 Å². The van der Waals surface area contributed by atoms with Crippen LogP contribution in [0.15, 0.2) is 34.2 Å². The number of carboxylic acids is 1. The third kappa shape index (κ3) is 7.54. The number of hydrogen-bond acceptors (Lipinski definition) is 9. The number of benzene rings is 1. The Balaban J connectivity index is 1.86. The zero-order chi connectivity index (χ0) is 25.5. The Morgan fingerprint density at radius 1 is 1.15 bits per heavy atom. The fourth-order valence-corrected chi connectivity index (χ4v) is 4.04. The van der Waals surface area contributed by atoms with E-state index in [0.29, 0.717) is 12.8 Å². The van der Waals surface area contributed by atoms with Gasteiger partial charge in [-0.3, -0.25) is 19.9 Å². The first-order valence-electron chi connectivity index (χ1n) is 9.92. The molecule has 13 nitrogen and oxygen atoms in total. The Morgan fingerprint density at radius 2 is 1.79 bits per heavy atom. The molecule has 1 atom stereocenters. The van der Waals surface area contributed by atoms with E-state index < -0.39 is 27.9 Å². The highest BCUT2D eigenvalue weighted by Crippen LogP contribution is 2.17. The number of unbranched alkanes of at least 4 members (excludes halogenated alkanes) is 1. The van der Waals surface area contributed by atoms with Crippen LogP contribution in [0.4, 0.5) is 11.6 Å². The summed E-state index contributed by atoms with van der Waals surface area (Å²) in [6.45, 7) is 1.95. The number of carbonyl (C=O) groups is 2. The number of guanidine groups is 1. The average molecular weight is 513 g/mol. The summed E-state index contributed by atoms with van der Waals surface area (Å²) in [7, 11) is -3.99. The van der Waals surface area contributed by atoms with Crippen molar-refractivity contribution in [2.75, 3.05) is 18.0 Å². The predicted octanol–water partition coefficient (Wildman–Crippen LogP) is 0.249. The highest BCUT2D eigenvalue weighted by Gasteiger charge is 2.25. The number of aryl methyl sites for hydroxylation is 1. The van der Waals surface area contributed by atoms with Crippen LogP contribution in [0.25, 0.3) is 0 Å². The monoisotopic (exact) mass is 512 g/mol. The number of carbonyl (C=O) groups excluding carboxylic acids is 1. The van der Waals surface area contributed by atoms with Crippen LogP contribution < -0.4 is 27.2 Å². The van der Waals surface area contributed by atoms with E-state index in [1.165, 1.54) is 12.1 Å². The molecular formula is C19H25ClN8O5S. The number of rotatable bonds is 10. The van der Waals surface area contributed by atoms with Crippen LogP contribution in [0.2, 0.25) is 5.15 Å². The van der Waals surface area contributed by atoms with E-state index in [4.69, 9.17) is 28.8 Å². The van der Waals surface area contributed by atoms with Gasteiger partial charge >= 0.3 is 5.97 Å². The average Bonchev–Trinajstić information content (AvgIpc) is 2.75. The molecular weight excluding hydrogens is 488 g/mol. The summed E-state index contributed by atoms with van der Waals surface area (Å²) in [6, 6.07) is 4.73. The second-order valence-corrected chi connectivity index (χ2v) is 9.25. The summed E-state index contributed by atoms with van der Waals surface area (Å²) in [6.07, 6.45) is 0.727. The lowest BCUT2D eigenvalue weighted by atomic mass is 10.1. The summed E-state index contributed by atoms with van der Waals surface area (Å²) in [5, 5.41) is 11.5. The highest BCUT2D eigenvalue weighted by molar-refractivity contribution is 7.89. The van der Waals surface area contributed by atoms with Crippen molar-refractivity contribution >= 4 is 51.1 Å². The van der Waals surface area contributed by atoms with E-state index in [2.05, 4.69) is 25.0 Å². The minimum atomic E-state index is -3.99. The lowest BCUT2D eigenvalue weighted by Gasteiger charge is -2.14. The largest absolute Gasteiger partial charge is 0.480 e. The summed E-state index contributed by atoms with van der Waals surface area (Å²) in [5.41, 5.74) is 17.3. The van der Waals surface area contributed by atoms with Crippen LogP contribution in [-0.4, -0.2) is 53.9 Å². The molecule has 0 aliphatic carbocycles. The number of carboxylic acid groups (broad SMARTS) is 1. The number of hydrogen-bond donors (Lipinski definition) is 6. The molecule has 0 aliphatic heterocycles. The number of aliphatic imine (C=N–C) groups is 1. The van der Waals surface area contributed by atoms with Crippen LogP contribution in [0.1, 0.15) is 35.3 Å². The van der Waals surface area contributed by atoms with Gasteiger partial charge in [0.05, 0.1) is 4.90 Å². The molecule has 2 aromatic rings. The van der Waals surface area contributed by atoms with Crippen molar-refractivity contribution in [3.05, 3.63) is 40.7 Å². The van der Waals surface area contributed by atoms with E-state index in [1.807, 2.05) is 6.92 Å². The lowest BCUT2D eigenvalue weighted by Crippen LogP contribution is -2.40. The van der Waals surface area contributed by atoms with Crippen LogP contribution in [-0.2, 0) is 14.8 Å². The molecule has 34 heavy (non-hydrogen) atoms. The molecule has 9 N–H and O–H groups in total. The van der Waals surface area contributed by atoms with Crippen molar-refractivity contribution < 1.29 is 23.1 Å². The number of aromatic nitrogens is 2. The van der Waals surface area contributed by atoms with Gasteiger partial charge in [-0.1, -0.05) is 29.3 Å². The molecule has 2 rings (SSSR count). The fourth-order valence-electron chi connectivity index (χ4n) is 2.69. The van der Waals surface area contributed by atoms with Gasteiger partial charge in [0.15, 0.2) is 28.4 Å². The number of nitrogen functional groups attached to an aromatic ring is 2. The number of aliphatic carboxylic acids is 1. The number of nitrogens with one attached hydrogen (secondary N) is 2. The Labute approximate surface area is 200 Å². The SMILES string of the molecule is Cc1ccc(S(=O)(=O)N[C@@H](CCCCN=C(N)NC(=O)c2nc(Cl)c(N)nc2N)C(=O)O)cc1. The fraction of sp³-hybridized carbons (Fsp3) is 0.316. The molecule has 0 bridgehead atoms. The Kier molecular flexibility index (Phi) is 9.11. The predicted molar refractivity (Wildman–Crippen MR) is 127 cm³/mol. The zero-order valence-electron chi connectivity index (χ0n) is 18.2. The lowest BCUT2D eigenvalue weighted by molar-refractivity contribution is -0.139. The molecule has 0 unspecified atom stereocenters. The molecule has 0 aliphatic rings. The smallest absolute Gasteiger partial charge is 0.321 e. The maximum Gasteiger partial charge on any atom is 0.321 e. The Hall–Kier alpha value is -3.49. The number of nitrogens with two attached hydrogens (primary N) is 3. The molecule has 1 heterocycles. The molecule has 1 aromatic carbocycles. The summed E-state index contributed by atoms with van der Waals surface area (Å²) in [5.74, 6) is -2.68. The Morgan fingerprint density at radius 3 is 2.41 bits per heavy atom. The highest BCUT2D eigenvalue weighted by atomic mass is 35.5. The summed E-state index contributed by atoms with van der Waals surface area (Å²) in [4.78, 5) is 35.1. The van der Waals surface area contributed by atoms with E-state index in [-0.39, 0.29) is 46.3 Å². The van der Waals surface area contributed by atoms with Gasteiger partial charge in [-0.05, 0) is 38.3 Å². The van der Waals surface area contributed by atoms with Crippen LogP contribution in [0.3, 0.4) is 0 Å². The second-order valence-electron chi connectivity index (χ2n) is 7.18. The minimum absolute atomic E-state index is 0.0230. The molecule has 0 spiro atoms. The van der Waals surface area contributed by atoms with Crippen molar-refractivity contribution in [2.45, 2.75) is 37.1 Å². The van der Waals surface area contributed by atoms with Gasteiger partial charge in [0.1, 0.15) is 6.04 Å². The topological polar surface area (TPSA) is 229 Å². The van der Waals surface area contributed by atoms with Crippen molar-refractivity contribution in [3.63, 3.8) is 0 Å². The maximum absolute atomic E-state index is 12.4. The minimum Gasteiger partial charge on any atom is -0.480 e. The number of nitrogens with zero attached hydrogens (tertiary/aromatic N) is 3. The molecule has 0 fully saturated rings. The second kappa shape index (κ2) is 11.6. The van der Waals surface area contributed by atoms with E-state index in [1.54, 1.807) is 12.1 Å². The third-order valence-corrected chi connectivity index (χ3v) is 6.24. The first-order chi connectivity index (χ1) is 15.9. The molecule has 15 heteroatoms.